The molecule has 0 saturated heterocycles. The first kappa shape index (κ1) is 20.4. The van der Waals surface area contributed by atoms with Gasteiger partial charge in [0, 0.05) is 51.5 Å². The van der Waals surface area contributed by atoms with E-state index in [-0.39, 0.29) is 24.0 Å². The molecule has 0 unspecified atom stereocenters. The van der Waals surface area contributed by atoms with Gasteiger partial charge in [-0.3, -0.25) is 4.99 Å². The zero-order chi connectivity index (χ0) is 16.3. The molecule has 0 aliphatic rings. The van der Waals surface area contributed by atoms with Gasteiger partial charge in [0.25, 0.3) is 0 Å². The lowest BCUT2D eigenvalue weighted by molar-refractivity contribution is 0.626. The Balaban J connectivity index is 0.00000288. The quantitative estimate of drug-likeness (QED) is 0.263. The van der Waals surface area contributed by atoms with Crippen molar-refractivity contribution in [3.05, 3.63) is 30.9 Å². The predicted molar refractivity (Wildman–Crippen MR) is 106 cm³/mol. The number of imidazole rings is 1. The van der Waals surface area contributed by atoms with Crippen molar-refractivity contribution in [1.29, 1.82) is 0 Å². The highest BCUT2D eigenvalue weighted by molar-refractivity contribution is 14.0. The summed E-state index contributed by atoms with van der Waals surface area (Å²) in [7, 11) is 0. The Hall–Kier alpha value is -1.65. The van der Waals surface area contributed by atoms with Crippen molar-refractivity contribution in [2.24, 2.45) is 4.99 Å². The van der Waals surface area contributed by atoms with Gasteiger partial charge in [0.1, 0.15) is 12.2 Å². The number of aromatic nitrogens is 5. The van der Waals surface area contributed by atoms with Crippen LogP contribution in [0.15, 0.2) is 30.0 Å². The largest absolute Gasteiger partial charge is 0.357 e. The second-order valence-electron chi connectivity index (χ2n) is 5.14. The molecule has 8 nitrogen and oxygen atoms in total. The Morgan fingerprint density at radius 2 is 2.08 bits per heavy atom. The number of nitrogens with zero attached hydrogens (tertiary/aromatic N) is 6. The molecule has 9 heteroatoms. The molecule has 0 amide bonds. The molecule has 2 aromatic heterocycles. The van der Waals surface area contributed by atoms with E-state index in [2.05, 4.69) is 53.8 Å². The normalized spacial score (nSPS) is 11.2. The van der Waals surface area contributed by atoms with E-state index < -0.39 is 0 Å². The first-order chi connectivity index (χ1) is 11.3. The third kappa shape index (κ3) is 6.85. The van der Waals surface area contributed by atoms with Crippen molar-refractivity contribution in [2.75, 3.05) is 19.6 Å². The summed E-state index contributed by atoms with van der Waals surface area (Å²) in [4.78, 5) is 8.63. The molecule has 0 bridgehead atoms. The van der Waals surface area contributed by atoms with Gasteiger partial charge in [-0.05, 0) is 13.3 Å². The van der Waals surface area contributed by atoms with Crippen molar-refractivity contribution in [3.8, 4) is 0 Å². The third-order valence-corrected chi connectivity index (χ3v) is 3.40. The number of aryl methyl sites for hydroxylation is 2. The van der Waals surface area contributed by atoms with Gasteiger partial charge < -0.3 is 19.8 Å². The van der Waals surface area contributed by atoms with Crippen LogP contribution in [0.1, 0.15) is 26.1 Å². The van der Waals surface area contributed by atoms with Crippen LogP contribution in [0.3, 0.4) is 0 Å². The van der Waals surface area contributed by atoms with E-state index in [1.165, 1.54) is 0 Å². The number of rotatable bonds is 9. The summed E-state index contributed by atoms with van der Waals surface area (Å²) < 4.78 is 4.13. The number of aliphatic imine (C=N–C) groups is 1. The molecule has 0 fully saturated rings. The Morgan fingerprint density at radius 1 is 1.21 bits per heavy atom. The average Bonchev–Trinajstić information content (AvgIpc) is 3.22. The number of hydrogen-bond donors (Lipinski definition) is 2. The Morgan fingerprint density at radius 3 is 2.79 bits per heavy atom. The fourth-order valence-electron chi connectivity index (χ4n) is 2.24. The second-order valence-corrected chi connectivity index (χ2v) is 5.14. The number of nitrogens with one attached hydrogen (secondary N) is 2. The highest BCUT2D eigenvalue weighted by Gasteiger charge is 2.02. The van der Waals surface area contributed by atoms with Crippen molar-refractivity contribution in [2.45, 2.75) is 39.8 Å². The molecule has 2 N–H and O–H groups in total. The third-order valence-electron chi connectivity index (χ3n) is 3.40. The molecular formula is C15H27IN8. The lowest BCUT2D eigenvalue weighted by atomic mass is 10.4. The Bertz CT molecular complexity index is 578. The maximum absolute atomic E-state index is 4.59. The number of guanidine groups is 1. The van der Waals surface area contributed by atoms with Crippen molar-refractivity contribution >= 4 is 29.9 Å². The van der Waals surface area contributed by atoms with Crippen LogP contribution < -0.4 is 10.6 Å². The standard InChI is InChI=1S/C15H26N8.HI/c1-3-14-21-20-13-23(14)11-8-19-15(17-4-2)18-6-5-9-22-10-7-16-12-22;/h7,10,12-13H,3-6,8-9,11H2,1-2H3,(H2,17,18,19);1H. The zero-order valence-corrected chi connectivity index (χ0v) is 16.7. The zero-order valence-electron chi connectivity index (χ0n) is 14.4. The van der Waals surface area contributed by atoms with E-state index in [4.69, 9.17) is 0 Å². The molecule has 0 radical (unpaired) electrons. The van der Waals surface area contributed by atoms with E-state index >= 15 is 0 Å². The van der Waals surface area contributed by atoms with Crippen molar-refractivity contribution in [3.63, 3.8) is 0 Å². The van der Waals surface area contributed by atoms with Gasteiger partial charge in [0.15, 0.2) is 5.96 Å². The van der Waals surface area contributed by atoms with Crippen molar-refractivity contribution < 1.29 is 0 Å². The second kappa shape index (κ2) is 11.8. The van der Waals surface area contributed by atoms with Gasteiger partial charge in [-0.15, -0.1) is 34.2 Å². The van der Waals surface area contributed by atoms with Crippen LogP contribution >= 0.6 is 24.0 Å². The van der Waals surface area contributed by atoms with Gasteiger partial charge >= 0.3 is 0 Å². The fourth-order valence-corrected chi connectivity index (χ4v) is 2.24. The van der Waals surface area contributed by atoms with E-state index in [9.17, 15) is 0 Å². The Labute approximate surface area is 160 Å². The minimum absolute atomic E-state index is 0. The summed E-state index contributed by atoms with van der Waals surface area (Å²) in [6.07, 6.45) is 9.25. The molecule has 0 aliphatic heterocycles. The van der Waals surface area contributed by atoms with Crippen LogP contribution in [-0.2, 0) is 19.5 Å². The monoisotopic (exact) mass is 446 g/mol. The van der Waals surface area contributed by atoms with Crippen LogP contribution in [-0.4, -0.2) is 49.9 Å². The highest BCUT2D eigenvalue weighted by atomic mass is 127. The average molecular weight is 446 g/mol. The molecule has 0 aromatic carbocycles. The van der Waals surface area contributed by atoms with Crippen LogP contribution in [0.5, 0.6) is 0 Å². The molecule has 24 heavy (non-hydrogen) atoms. The number of hydrogen-bond acceptors (Lipinski definition) is 4. The lowest BCUT2D eigenvalue weighted by Gasteiger charge is -2.12. The van der Waals surface area contributed by atoms with Crippen molar-refractivity contribution in [1.82, 2.24) is 34.9 Å². The maximum atomic E-state index is 4.59. The minimum atomic E-state index is 0. The number of halogens is 1. The molecule has 0 atom stereocenters. The predicted octanol–water partition coefficient (Wildman–Crippen LogP) is 1.30. The Kier molecular flexibility index (Phi) is 10.0. The maximum Gasteiger partial charge on any atom is 0.191 e. The van der Waals surface area contributed by atoms with Gasteiger partial charge in [-0.2, -0.15) is 0 Å². The first-order valence-electron chi connectivity index (χ1n) is 8.18. The fraction of sp³-hybridized carbons (Fsp3) is 0.600. The molecule has 0 saturated carbocycles. The summed E-state index contributed by atoms with van der Waals surface area (Å²) in [6, 6.07) is 0. The van der Waals surface area contributed by atoms with Crippen LogP contribution in [0.25, 0.3) is 0 Å². The topological polar surface area (TPSA) is 85.0 Å². The summed E-state index contributed by atoms with van der Waals surface area (Å²) in [6.45, 7) is 8.33. The van der Waals surface area contributed by atoms with Crippen LogP contribution in [0.4, 0.5) is 0 Å². The van der Waals surface area contributed by atoms with Gasteiger partial charge in [-0.1, -0.05) is 6.92 Å². The van der Waals surface area contributed by atoms with E-state index in [1.807, 2.05) is 12.5 Å². The first-order valence-corrected chi connectivity index (χ1v) is 8.18. The molecule has 0 aliphatic carbocycles. The minimum Gasteiger partial charge on any atom is -0.357 e. The smallest absolute Gasteiger partial charge is 0.191 e. The molecule has 0 spiro atoms. The van der Waals surface area contributed by atoms with Gasteiger partial charge in [0.2, 0.25) is 0 Å². The van der Waals surface area contributed by atoms with Gasteiger partial charge in [0.05, 0.1) is 6.33 Å². The highest BCUT2D eigenvalue weighted by Crippen LogP contribution is 1.95. The summed E-state index contributed by atoms with van der Waals surface area (Å²) >= 11 is 0. The van der Waals surface area contributed by atoms with Gasteiger partial charge in [-0.25, -0.2) is 4.98 Å². The summed E-state index contributed by atoms with van der Waals surface area (Å²) in [5.74, 6) is 1.86. The van der Waals surface area contributed by atoms with Crippen LogP contribution in [0, 0.1) is 0 Å². The summed E-state index contributed by atoms with van der Waals surface area (Å²) in [5.41, 5.74) is 0. The molecular weight excluding hydrogens is 419 g/mol. The lowest BCUT2D eigenvalue weighted by Crippen LogP contribution is -2.39. The molecule has 2 heterocycles. The van der Waals surface area contributed by atoms with E-state index in [0.29, 0.717) is 0 Å². The summed E-state index contributed by atoms with van der Waals surface area (Å²) in [5, 5.41) is 14.6. The molecule has 2 aromatic rings. The van der Waals surface area contributed by atoms with E-state index in [1.54, 1.807) is 12.5 Å². The van der Waals surface area contributed by atoms with Crippen LogP contribution in [0.2, 0.25) is 0 Å². The SMILES string of the molecule is CCNC(=NCCCn1ccnc1)NCCn1cnnc1CC.I. The van der Waals surface area contributed by atoms with E-state index in [0.717, 1.165) is 57.3 Å². The molecule has 134 valence electrons. The molecule has 2 rings (SSSR count).